The number of carbonyl (C=O) groups excluding carboxylic acids is 2. The highest BCUT2D eigenvalue weighted by atomic mass is 16.5. The molecule has 1 aliphatic rings. The maximum absolute atomic E-state index is 12.4. The van der Waals surface area contributed by atoms with E-state index in [9.17, 15) is 9.59 Å². The van der Waals surface area contributed by atoms with Crippen LogP contribution in [0.1, 0.15) is 10.6 Å². The van der Waals surface area contributed by atoms with Gasteiger partial charge in [-0.05, 0) is 24.3 Å². The zero-order valence-electron chi connectivity index (χ0n) is 16.1. The molecule has 1 aliphatic heterocycles. The SMILES string of the molecule is COc1ccc(OC)c(NC(=O)CN2CCN(CC(=O)c3ccco3)CC2)c1. The predicted molar refractivity (Wildman–Crippen MR) is 104 cm³/mol. The number of methoxy groups -OCH3 is 2. The molecule has 0 bridgehead atoms. The number of piperazine rings is 1. The molecule has 0 saturated carbocycles. The van der Waals surface area contributed by atoms with Crippen LogP contribution in [-0.2, 0) is 4.79 Å². The lowest BCUT2D eigenvalue weighted by Crippen LogP contribution is -2.49. The number of anilines is 1. The molecular formula is C20H25N3O5. The van der Waals surface area contributed by atoms with Gasteiger partial charge < -0.3 is 19.2 Å². The molecule has 1 saturated heterocycles. The summed E-state index contributed by atoms with van der Waals surface area (Å²) in [7, 11) is 3.13. The van der Waals surface area contributed by atoms with Gasteiger partial charge in [-0.3, -0.25) is 19.4 Å². The Morgan fingerprint density at radius 3 is 2.36 bits per heavy atom. The Morgan fingerprint density at radius 2 is 1.75 bits per heavy atom. The van der Waals surface area contributed by atoms with Crippen LogP contribution in [0, 0.1) is 0 Å². The number of carbonyl (C=O) groups is 2. The monoisotopic (exact) mass is 387 g/mol. The number of ketones is 1. The summed E-state index contributed by atoms with van der Waals surface area (Å²) >= 11 is 0. The van der Waals surface area contributed by atoms with Crippen molar-refractivity contribution in [1.82, 2.24) is 9.80 Å². The maximum atomic E-state index is 12.4. The van der Waals surface area contributed by atoms with E-state index in [0.29, 0.717) is 42.6 Å². The van der Waals surface area contributed by atoms with E-state index in [1.54, 1.807) is 44.6 Å². The number of amides is 1. The van der Waals surface area contributed by atoms with Gasteiger partial charge in [0.15, 0.2) is 5.76 Å². The largest absolute Gasteiger partial charge is 0.497 e. The Kier molecular flexibility index (Phi) is 6.67. The lowest BCUT2D eigenvalue weighted by molar-refractivity contribution is -0.117. The molecule has 0 atom stereocenters. The average Bonchev–Trinajstić information content (AvgIpc) is 3.24. The number of furan rings is 1. The molecule has 0 radical (unpaired) electrons. The topological polar surface area (TPSA) is 84.3 Å². The molecule has 28 heavy (non-hydrogen) atoms. The van der Waals surface area contributed by atoms with Crippen LogP contribution in [0.2, 0.25) is 0 Å². The van der Waals surface area contributed by atoms with Crippen LogP contribution in [0.25, 0.3) is 0 Å². The first kappa shape index (κ1) is 19.9. The van der Waals surface area contributed by atoms with Crippen molar-refractivity contribution in [3.63, 3.8) is 0 Å². The number of hydrogen-bond acceptors (Lipinski definition) is 7. The van der Waals surface area contributed by atoms with Crippen LogP contribution in [-0.4, -0.2) is 75.0 Å². The second-order valence-corrected chi connectivity index (χ2v) is 6.57. The number of nitrogens with zero attached hydrogens (tertiary/aromatic N) is 2. The van der Waals surface area contributed by atoms with Crippen molar-refractivity contribution in [1.29, 1.82) is 0 Å². The van der Waals surface area contributed by atoms with E-state index in [1.807, 2.05) is 0 Å². The van der Waals surface area contributed by atoms with Crippen molar-refractivity contribution in [2.45, 2.75) is 0 Å². The number of hydrogen-bond donors (Lipinski definition) is 1. The van der Waals surface area contributed by atoms with Crippen LogP contribution in [0.5, 0.6) is 11.5 Å². The molecule has 150 valence electrons. The second kappa shape index (κ2) is 9.38. The van der Waals surface area contributed by atoms with Crippen molar-refractivity contribution < 1.29 is 23.5 Å². The molecule has 0 aliphatic carbocycles. The summed E-state index contributed by atoms with van der Waals surface area (Å²) in [6, 6.07) is 8.65. The van der Waals surface area contributed by atoms with Crippen LogP contribution in [0.15, 0.2) is 41.0 Å². The fraction of sp³-hybridized carbons (Fsp3) is 0.400. The molecule has 2 aromatic rings. The first-order valence-electron chi connectivity index (χ1n) is 9.12. The number of ether oxygens (including phenoxy) is 2. The van der Waals surface area contributed by atoms with E-state index in [-0.39, 0.29) is 18.2 Å². The normalized spacial score (nSPS) is 15.2. The molecule has 2 heterocycles. The molecule has 1 aromatic heterocycles. The zero-order valence-corrected chi connectivity index (χ0v) is 16.1. The van der Waals surface area contributed by atoms with E-state index in [2.05, 4.69) is 15.1 Å². The number of nitrogens with one attached hydrogen (secondary N) is 1. The standard InChI is InChI=1S/C20H25N3O5/c1-26-15-5-6-18(27-2)16(12-15)21-20(25)14-23-9-7-22(8-10-23)13-17(24)19-4-3-11-28-19/h3-6,11-12H,7-10,13-14H2,1-2H3,(H,21,25). The molecular weight excluding hydrogens is 362 g/mol. The first-order chi connectivity index (χ1) is 13.6. The quantitative estimate of drug-likeness (QED) is 0.691. The second-order valence-electron chi connectivity index (χ2n) is 6.57. The smallest absolute Gasteiger partial charge is 0.238 e. The van der Waals surface area contributed by atoms with Crippen molar-refractivity contribution in [2.24, 2.45) is 0 Å². The third kappa shape index (κ3) is 5.11. The fourth-order valence-corrected chi connectivity index (χ4v) is 3.13. The summed E-state index contributed by atoms with van der Waals surface area (Å²) in [6.07, 6.45) is 1.50. The number of rotatable bonds is 8. The van der Waals surface area contributed by atoms with Gasteiger partial charge in [0.1, 0.15) is 11.5 Å². The Balaban J connectivity index is 1.47. The lowest BCUT2D eigenvalue weighted by Gasteiger charge is -2.33. The third-order valence-corrected chi connectivity index (χ3v) is 4.68. The van der Waals surface area contributed by atoms with Crippen LogP contribution >= 0.6 is 0 Å². The minimum absolute atomic E-state index is 0.0266. The highest BCUT2D eigenvalue weighted by Gasteiger charge is 2.22. The molecule has 8 nitrogen and oxygen atoms in total. The summed E-state index contributed by atoms with van der Waals surface area (Å²) < 4.78 is 15.6. The van der Waals surface area contributed by atoms with E-state index < -0.39 is 0 Å². The minimum atomic E-state index is -0.119. The van der Waals surface area contributed by atoms with Gasteiger partial charge in [-0.2, -0.15) is 0 Å². The van der Waals surface area contributed by atoms with Crippen molar-refractivity contribution in [2.75, 3.05) is 58.8 Å². The van der Waals surface area contributed by atoms with Crippen LogP contribution < -0.4 is 14.8 Å². The van der Waals surface area contributed by atoms with Gasteiger partial charge in [0.25, 0.3) is 0 Å². The third-order valence-electron chi connectivity index (χ3n) is 4.68. The van der Waals surface area contributed by atoms with Gasteiger partial charge in [0, 0.05) is 32.2 Å². The fourth-order valence-electron chi connectivity index (χ4n) is 3.13. The van der Waals surface area contributed by atoms with Crippen molar-refractivity contribution in [3.05, 3.63) is 42.4 Å². The van der Waals surface area contributed by atoms with Gasteiger partial charge in [-0.25, -0.2) is 0 Å². The molecule has 1 N–H and O–H groups in total. The summed E-state index contributed by atoms with van der Waals surface area (Å²) in [5.41, 5.74) is 0.578. The molecule has 1 aromatic carbocycles. The van der Waals surface area contributed by atoms with Gasteiger partial charge in [-0.1, -0.05) is 0 Å². The summed E-state index contributed by atoms with van der Waals surface area (Å²) in [5.74, 6) is 1.46. The lowest BCUT2D eigenvalue weighted by atomic mass is 10.2. The molecule has 0 spiro atoms. The average molecular weight is 387 g/mol. The number of benzene rings is 1. The van der Waals surface area contributed by atoms with Gasteiger partial charge >= 0.3 is 0 Å². The van der Waals surface area contributed by atoms with Crippen molar-refractivity contribution in [3.8, 4) is 11.5 Å². The molecule has 8 heteroatoms. The Labute approximate surface area is 164 Å². The number of Topliss-reactive ketones (excluding diaryl/α,β-unsaturated/α-hetero) is 1. The summed E-state index contributed by atoms with van der Waals surface area (Å²) in [5, 5.41) is 2.88. The molecule has 1 amide bonds. The van der Waals surface area contributed by atoms with Gasteiger partial charge in [0.2, 0.25) is 11.7 Å². The van der Waals surface area contributed by atoms with E-state index in [0.717, 1.165) is 13.1 Å². The maximum Gasteiger partial charge on any atom is 0.238 e. The minimum Gasteiger partial charge on any atom is -0.497 e. The Hall–Kier alpha value is -2.84. The summed E-state index contributed by atoms with van der Waals surface area (Å²) in [6.45, 7) is 3.49. The molecule has 3 rings (SSSR count). The Morgan fingerprint density at radius 1 is 1.04 bits per heavy atom. The van der Waals surface area contributed by atoms with Gasteiger partial charge in [-0.15, -0.1) is 0 Å². The van der Waals surface area contributed by atoms with Crippen LogP contribution in [0.4, 0.5) is 5.69 Å². The first-order valence-corrected chi connectivity index (χ1v) is 9.12. The van der Waals surface area contributed by atoms with Crippen LogP contribution in [0.3, 0.4) is 0 Å². The molecule has 0 unspecified atom stereocenters. The van der Waals surface area contributed by atoms with Gasteiger partial charge in [0.05, 0.1) is 39.3 Å². The van der Waals surface area contributed by atoms with E-state index in [4.69, 9.17) is 13.9 Å². The predicted octanol–water partition coefficient (Wildman–Crippen LogP) is 1.74. The highest BCUT2D eigenvalue weighted by Crippen LogP contribution is 2.28. The van der Waals surface area contributed by atoms with E-state index in [1.165, 1.54) is 6.26 Å². The van der Waals surface area contributed by atoms with E-state index >= 15 is 0 Å². The molecule has 1 fully saturated rings. The Bertz CT molecular complexity index is 798. The zero-order chi connectivity index (χ0) is 19.9. The van der Waals surface area contributed by atoms with Crippen molar-refractivity contribution >= 4 is 17.4 Å². The highest BCUT2D eigenvalue weighted by molar-refractivity contribution is 5.95. The summed E-state index contributed by atoms with van der Waals surface area (Å²) in [4.78, 5) is 28.7.